The molecule has 2 fully saturated rings. The van der Waals surface area contributed by atoms with Gasteiger partial charge in [-0.3, -0.25) is 4.79 Å². The number of hydrogen-bond donors (Lipinski definition) is 1. The first-order valence-electron chi connectivity index (χ1n) is 6.80. The third kappa shape index (κ3) is 2.14. The van der Waals surface area contributed by atoms with Gasteiger partial charge >= 0.3 is 0 Å². The second-order valence-electron chi connectivity index (χ2n) is 5.76. The number of nitrogens with zero attached hydrogens (tertiary/aromatic N) is 1. The fourth-order valence-electron chi connectivity index (χ4n) is 3.38. The van der Waals surface area contributed by atoms with E-state index in [9.17, 15) is 14.3 Å². The highest BCUT2D eigenvalue weighted by Gasteiger charge is 2.43. The lowest BCUT2D eigenvalue weighted by Gasteiger charge is -2.19. The lowest BCUT2D eigenvalue weighted by Crippen LogP contribution is -2.31. The molecule has 1 aliphatic carbocycles. The Bertz CT molecular complexity index is 517. The molecule has 3 nitrogen and oxygen atoms in total. The van der Waals surface area contributed by atoms with E-state index < -0.39 is 5.82 Å². The van der Waals surface area contributed by atoms with Gasteiger partial charge in [0.25, 0.3) is 5.91 Å². The minimum Gasteiger partial charge on any atom is -0.393 e. The number of carbonyl (C=O) groups excluding carboxylic acids is 1. The highest BCUT2D eigenvalue weighted by Crippen LogP contribution is 2.38. The monoisotopic (exact) mass is 263 g/mol. The molecule has 1 aliphatic heterocycles. The molecule has 1 aromatic rings. The topological polar surface area (TPSA) is 40.5 Å². The zero-order valence-electron chi connectivity index (χ0n) is 11.0. The standard InChI is InChI=1S/C15H18FNO2/c1-9-2-4-13(16)11(6-9)15(19)17-7-10-3-5-14(18)12(10)8-17/h2,4,6,10,12,14,18H,3,5,7-8H2,1H3. The van der Waals surface area contributed by atoms with Crippen molar-refractivity contribution in [1.82, 2.24) is 4.90 Å². The molecule has 0 spiro atoms. The van der Waals surface area contributed by atoms with Gasteiger partial charge in [-0.05, 0) is 37.8 Å². The summed E-state index contributed by atoms with van der Waals surface area (Å²) in [7, 11) is 0. The summed E-state index contributed by atoms with van der Waals surface area (Å²) in [6.45, 7) is 3.05. The van der Waals surface area contributed by atoms with Crippen LogP contribution < -0.4 is 0 Å². The molecule has 3 unspecified atom stereocenters. The third-order valence-electron chi connectivity index (χ3n) is 4.46. The van der Waals surface area contributed by atoms with Gasteiger partial charge in [0.1, 0.15) is 5.82 Å². The maximum Gasteiger partial charge on any atom is 0.256 e. The first kappa shape index (κ1) is 12.6. The van der Waals surface area contributed by atoms with Crippen molar-refractivity contribution < 1.29 is 14.3 Å². The predicted octanol–water partition coefficient (Wildman–Crippen LogP) is 1.98. The van der Waals surface area contributed by atoms with Crippen LogP contribution in [-0.2, 0) is 0 Å². The van der Waals surface area contributed by atoms with Gasteiger partial charge in [0.05, 0.1) is 11.7 Å². The van der Waals surface area contributed by atoms with Gasteiger partial charge in [0.15, 0.2) is 0 Å². The van der Waals surface area contributed by atoms with Crippen molar-refractivity contribution in [2.24, 2.45) is 11.8 Å². The average Bonchev–Trinajstić information content (AvgIpc) is 2.94. The van der Waals surface area contributed by atoms with Crippen LogP contribution in [0.4, 0.5) is 4.39 Å². The van der Waals surface area contributed by atoms with E-state index in [-0.39, 0.29) is 23.5 Å². The Labute approximate surface area is 112 Å². The van der Waals surface area contributed by atoms with Crippen molar-refractivity contribution in [3.05, 3.63) is 35.1 Å². The molecule has 3 rings (SSSR count). The zero-order chi connectivity index (χ0) is 13.6. The SMILES string of the molecule is Cc1ccc(F)c(C(=O)N2CC3CCC(O)C3C2)c1. The molecule has 1 N–H and O–H groups in total. The smallest absolute Gasteiger partial charge is 0.256 e. The van der Waals surface area contributed by atoms with Gasteiger partial charge in [0, 0.05) is 19.0 Å². The number of carbonyl (C=O) groups is 1. The number of hydrogen-bond acceptors (Lipinski definition) is 2. The highest BCUT2D eigenvalue weighted by atomic mass is 19.1. The number of aryl methyl sites for hydroxylation is 1. The van der Waals surface area contributed by atoms with E-state index in [4.69, 9.17) is 0 Å². The van der Waals surface area contributed by atoms with Crippen molar-refractivity contribution in [1.29, 1.82) is 0 Å². The minimum atomic E-state index is -0.465. The van der Waals surface area contributed by atoms with E-state index in [1.54, 1.807) is 17.0 Å². The molecule has 0 radical (unpaired) electrons. The fourth-order valence-corrected chi connectivity index (χ4v) is 3.38. The number of halogens is 1. The van der Waals surface area contributed by atoms with Gasteiger partial charge in [-0.2, -0.15) is 0 Å². The van der Waals surface area contributed by atoms with Gasteiger partial charge in [-0.25, -0.2) is 4.39 Å². The van der Waals surface area contributed by atoms with E-state index in [1.165, 1.54) is 6.07 Å². The van der Waals surface area contributed by atoms with E-state index in [1.807, 2.05) is 6.92 Å². The lowest BCUT2D eigenvalue weighted by atomic mass is 10.00. The lowest BCUT2D eigenvalue weighted by molar-refractivity contribution is 0.0748. The third-order valence-corrected chi connectivity index (χ3v) is 4.46. The van der Waals surface area contributed by atoms with Gasteiger partial charge in [0.2, 0.25) is 0 Å². The largest absolute Gasteiger partial charge is 0.393 e. The summed E-state index contributed by atoms with van der Waals surface area (Å²) in [6.07, 6.45) is 1.49. The van der Waals surface area contributed by atoms with Crippen molar-refractivity contribution in [2.75, 3.05) is 13.1 Å². The Kier molecular flexibility index (Phi) is 3.05. The fraction of sp³-hybridized carbons (Fsp3) is 0.533. The van der Waals surface area contributed by atoms with Gasteiger partial charge < -0.3 is 10.0 Å². The number of rotatable bonds is 1. The molecule has 1 amide bonds. The average molecular weight is 263 g/mol. The number of likely N-dealkylation sites (tertiary alicyclic amines) is 1. The molecule has 1 heterocycles. The number of fused-ring (bicyclic) bond motifs is 1. The second-order valence-corrected chi connectivity index (χ2v) is 5.76. The van der Waals surface area contributed by atoms with Crippen molar-refractivity contribution in [3.63, 3.8) is 0 Å². The highest BCUT2D eigenvalue weighted by molar-refractivity contribution is 5.94. The Balaban J connectivity index is 1.80. The summed E-state index contributed by atoms with van der Waals surface area (Å²) in [5.74, 6) is -0.153. The maximum atomic E-state index is 13.7. The van der Waals surface area contributed by atoms with Crippen LogP contribution in [0.15, 0.2) is 18.2 Å². The van der Waals surface area contributed by atoms with Crippen LogP contribution in [0.3, 0.4) is 0 Å². The number of amides is 1. The molecule has 3 atom stereocenters. The Hall–Kier alpha value is -1.42. The Morgan fingerprint density at radius 2 is 2.16 bits per heavy atom. The molecule has 102 valence electrons. The Morgan fingerprint density at radius 3 is 2.89 bits per heavy atom. The van der Waals surface area contributed by atoms with Crippen LogP contribution in [0.25, 0.3) is 0 Å². The van der Waals surface area contributed by atoms with E-state index in [2.05, 4.69) is 0 Å². The van der Waals surface area contributed by atoms with Crippen molar-refractivity contribution in [2.45, 2.75) is 25.9 Å². The van der Waals surface area contributed by atoms with E-state index in [0.29, 0.717) is 19.0 Å². The van der Waals surface area contributed by atoms with Gasteiger partial charge in [-0.15, -0.1) is 0 Å². The van der Waals surface area contributed by atoms with Crippen LogP contribution in [0.1, 0.15) is 28.8 Å². The van der Waals surface area contributed by atoms with Crippen LogP contribution in [0, 0.1) is 24.6 Å². The Morgan fingerprint density at radius 1 is 1.37 bits per heavy atom. The van der Waals surface area contributed by atoms with Crippen LogP contribution >= 0.6 is 0 Å². The summed E-state index contributed by atoms with van der Waals surface area (Å²) < 4.78 is 13.7. The predicted molar refractivity (Wildman–Crippen MR) is 69.3 cm³/mol. The summed E-state index contributed by atoms with van der Waals surface area (Å²) in [5, 5.41) is 9.86. The molecule has 0 bridgehead atoms. The van der Waals surface area contributed by atoms with Gasteiger partial charge in [-0.1, -0.05) is 11.6 Å². The summed E-state index contributed by atoms with van der Waals surface area (Å²) >= 11 is 0. The normalized spacial score (nSPS) is 29.6. The van der Waals surface area contributed by atoms with Crippen LogP contribution in [0.5, 0.6) is 0 Å². The maximum absolute atomic E-state index is 13.7. The molecule has 2 aliphatic rings. The molecule has 0 aromatic heterocycles. The molecular weight excluding hydrogens is 245 g/mol. The molecular formula is C15H18FNO2. The molecule has 19 heavy (non-hydrogen) atoms. The molecule has 1 saturated carbocycles. The molecule has 4 heteroatoms. The first-order chi connectivity index (χ1) is 9.06. The van der Waals surface area contributed by atoms with E-state index in [0.717, 1.165) is 18.4 Å². The molecule has 1 saturated heterocycles. The van der Waals surface area contributed by atoms with Crippen molar-refractivity contribution >= 4 is 5.91 Å². The van der Waals surface area contributed by atoms with E-state index >= 15 is 0 Å². The zero-order valence-corrected chi connectivity index (χ0v) is 11.0. The van der Waals surface area contributed by atoms with Crippen molar-refractivity contribution in [3.8, 4) is 0 Å². The first-order valence-corrected chi connectivity index (χ1v) is 6.80. The number of benzene rings is 1. The quantitative estimate of drug-likeness (QED) is 0.841. The molecule has 1 aromatic carbocycles. The van der Waals surface area contributed by atoms with Crippen LogP contribution in [-0.4, -0.2) is 35.1 Å². The minimum absolute atomic E-state index is 0.148. The second kappa shape index (κ2) is 4.60. The number of aliphatic hydroxyl groups excluding tert-OH is 1. The summed E-state index contributed by atoms with van der Waals surface area (Å²) in [4.78, 5) is 14.1. The number of aliphatic hydroxyl groups is 1. The summed E-state index contributed by atoms with van der Waals surface area (Å²) in [5.41, 5.74) is 1.03. The summed E-state index contributed by atoms with van der Waals surface area (Å²) in [6, 6.07) is 4.60. The van der Waals surface area contributed by atoms with Crippen LogP contribution in [0.2, 0.25) is 0 Å².